The van der Waals surface area contributed by atoms with Gasteiger partial charge in [-0.1, -0.05) is 0 Å². The van der Waals surface area contributed by atoms with E-state index < -0.39 is 23.0 Å². The van der Waals surface area contributed by atoms with Gasteiger partial charge in [-0.25, -0.2) is 0 Å². The molecule has 4 rings (SSSR count). The summed E-state index contributed by atoms with van der Waals surface area (Å²) >= 11 is 0. The minimum Gasteiger partial charge on any atom is -0.497 e. The summed E-state index contributed by atoms with van der Waals surface area (Å²) in [6, 6.07) is 8.50. The number of nitrogens with zero attached hydrogens (tertiary/aromatic N) is 2. The molecule has 3 aromatic rings. The Balaban J connectivity index is 1.90. The van der Waals surface area contributed by atoms with Crippen LogP contribution in [0.3, 0.4) is 0 Å². The summed E-state index contributed by atoms with van der Waals surface area (Å²) in [7, 11) is 4.49. The predicted molar refractivity (Wildman–Crippen MR) is 133 cm³/mol. The highest BCUT2D eigenvalue weighted by molar-refractivity contribution is 5.76. The zero-order valence-corrected chi connectivity index (χ0v) is 20.7. The molecule has 1 amide bonds. The van der Waals surface area contributed by atoms with Crippen LogP contribution in [0, 0.1) is 0 Å². The number of aromatic nitrogens is 2. The van der Waals surface area contributed by atoms with Crippen LogP contribution in [0.15, 0.2) is 41.2 Å². The first-order valence-electron chi connectivity index (χ1n) is 11.7. The van der Waals surface area contributed by atoms with Crippen molar-refractivity contribution in [2.75, 3.05) is 33.1 Å². The zero-order chi connectivity index (χ0) is 26.7. The number of anilines is 1. The highest BCUT2D eigenvalue weighted by atomic mass is 19.4. The molecule has 11 heteroatoms. The van der Waals surface area contributed by atoms with Crippen LogP contribution in [-0.4, -0.2) is 43.5 Å². The Hall–Kier alpha value is -4.02. The Morgan fingerprint density at radius 3 is 2.35 bits per heavy atom. The highest BCUT2D eigenvalue weighted by Crippen LogP contribution is 2.37. The number of halogens is 3. The second-order valence-electron chi connectivity index (χ2n) is 8.56. The van der Waals surface area contributed by atoms with Gasteiger partial charge < -0.3 is 20.1 Å². The van der Waals surface area contributed by atoms with Crippen LogP contribution in [0.2, 0.25) is 0 Å². The van der Waals surface area contributed by atoms with Gasteiger partial charge in [0.05, 0.1) is 31.2 Å². The highest BCUT2D eigenvalue weighted by Gasteiger charge is 2.35. The Bertz CT molecular complexity index is 1360. The second kappa shape index (κ2) is 10.5. The van der Waals surface area contributed by atoms with Crippen LogP contribution >= 0.6 is 0 Å². The maximum absolute atomic E-state index is 14.0. The molecule has 2 N–H and O–H groups in total. The molecular weight excluding hydrogens is 489 g/mol. The van der Waals surface area contributed by atoms with Crippen molar-refractivity contribution in [1.82, 2.24) is 15.1 Å². The molecule has 0 atom stereocenters. The molecule has 0 saturated heterocycles. The van der Waals surface area contributed by atoms with E-state index in [-0.39, 0.29) is 18.9 Å². The van der Waals surface area contributed by atoms with Gasteiger partial charge in [-0.05, 0) is 55.2 Å². The van der Waals surface area contributed by atoms with E-state index in [0.717, 1.165) is 10.7 Å². The normalized spacial score (nSPS) is 12.7. The maximum Gasteiger partial charge on any atom is 0.418 e. The fraction of sp³-hybridized carbons (Fsp3) is 0.346. The van der Waals surface area contributed by atoms with E-state index in [0.29, 0.717) is 58.8 Å². The summed E-state index contributed by atoms with van der Waals surface area (Å²) in [6.45, 7) is 0.200. The number of rotatable bonds is 8. The SMILES string of the molecule is CNC(=O)CCNc1ccc(C(F)(F)F)c(-n2nc(-c3cc(OC)cc(OC)c3)c3c(c2=O)CCC3)c1. The Labute approximate surface area is 211 Å². The molecule has 0 aliphatic heterocycles. The molecule has 196 valence electrons. The summed E-state index contributed by atoms with van der Waals surface area (Å²) < 4.78 is 53.7. The number of ether oxygens (including phenoxy) is 2. The molecule has 0 spiro atoms. The number of nitrogens with one attached hydrogen (secondary N) is 2. The number of alkyl halides is 3. The van der Waals surface area contributed by atoms with Gasteiger partial charge in [-0.15, -0.1) is 0 Å². The van der Waals surface area contributed by atoms with E-state index in [1.54, 1.807) is 18.2 Å². The van der Waals surface area contributed by atoms with Crippen molar-refractivity contribution in [2.45, 2.75) is 31.9 Å². The number of fused-ring (bicyclic) bond motifs is 1. The molecule has 0 unspecified atom stereocenters. The van der Waals surface area contributed by atoms with E-state index in [4.69, 9.17) is 9.47 Å². The summed E-state index contributed by atoms with van der Waals surface area (Å²) in [5.74, 6) is 0.757. The molecular formula is C26H27F3N4O4. The fourth-order valence-electron chi connectivity index (χ4n) is 4.42. The molecule has 0 bridgehead atoms. The van der Waals surface area contributed by atoms with Crippen molar-refractivity contribution in [2.24, 2.45) is 0 Å². The number of amides is 1. The smallest absolute Gasteiger partial charge is 0.418 e. The lowest BCUT2D eigenvalue weighted by atomic mass is 10.0. The predicted octanol–water partition coefficient (Wildman–Crippen LogP) is 3.97. The Kier molecular flexibility index (Phi) is 7.42. The zero-order valence-electron chi connectivity index (χ0n) is 20.7. The van der Waals surface area contributed by atoms with Crippen molar-refractivity contribution in [3.05, 3.63) is 63.4 Å². The first-order valence-corrected chi connectivity index (χ1v) is 11.7. The molecule has 2 aromatic carbocycles. The molecule has 37 heavy (non-hydrogen) atoms. The monoisotopic (exact) mass is 516 g/mol. The first-order chi connectivity index (χ1) is 17.7. The van der Waals surface area contributed by atoms with Crippen LogP contribution in [0.1, 0.15) is 29.5 Å². The third-order valence-corrected chi connectivity index (χ3v) is 6.27. The van der Waals surface area contributed by atoms with Crippen LogP contribution in [0.25, 0.3) is 16.9 Å². The van der Waals surface area contributed by atoms with E-state index >= 15 is 0 Å². The standard InChI is InChI=1S/C26H27F3N4O4/c1-30-23(34)9-10-31-16-7-8-21(26(27,28)29)22(13-16)33-25(35)20-6-4-5-19(20)24(32-33)15-11-17(36-2)14-18(12-15)37-3/h7-8,11-14,31H,4-6,9-10H2,1-3H3,(H,30,34). The van der Waals surface area contributed by atoms with Crippen molar-refractivity contribution < 1.29 is 27.4 Å². The van der Waals surface area contributed by atoms with E-state index in [2.05, 4.69) is 15.7 Å². The number of carbonyl (C=O) groups excluding carboxylic acids is 1. The van der Waals surface area contributed by atoms with Crippen molar-refractivity contribution in [1.29, 1.82) is 0 Å². The van der Waals surface area contributed by atoms with Crippen molar-refractivity contribution in [3.8, 4) is 28.4 Å². The van der Waals surface area contributed by atoms with Crippen LogP contribution in [0.5, 0.6) is 11.5 Å². The molecule has 0 saturated carbocycles. The largest absolute Gasteiger partial charge is 0.497 e. The van der Waals surface area contributed by atoms with Gasteiger partial charge in [0.15, 0.2) is 0 Å². The molecule has 0 fully saturated rings. The number of hydrogen-bond acceptors (Lipinski definition) is 6. The first kappa shape index (κ1) is 26.1. The minimum absolute atomic E-state index is 0.131. The van der Waals surface area contributed by atoms with Gasteiger partial charge in [-0.2, -0.15) is 23.0 Å². The third-order valence-electron chi connectivity index (χ3n) is 6.27. The van der Waals surface area contributed by atoms with Gasteiger partial charge in [0.1, 0.15) is 11.5 Å². The second-order valence-corrected chi connectivity index (χ2v) is 8.56. The van der Waals surface area contributed by atoms with Crippen LogP contribution in [-0.2, 0) is 23.8 Å². The fourth-order valence-corrected chi connectivity index (χ4v) is 4.42. The van der Waals surface area contributed by atoms with Crippen LogP contribution < -0.4 is 25.7 Å². The lowest BCUT2D eigenvalue weighted by Gasteiger charge is -2.18. The molecule has 1 aliphatic carbocycles. The average Bonchev–Trinajstić information content (AvgIpc) is 3.38. The molecule has 8 nitrogen and oxygen atoms in total. The molecule has 1 aliphatic rings. The van der Waals surface area contributed by atoms with Crippen molar-refractivity contribution in [3.63, 3.8) is 0 Å². The summed E-state index contributed by atoms with van der Waals surface area (Å²) in [4.78, 5) is 25.0. The number of methoxy groups -OCH3 is 2. The maximum atomic E-state index is 14.0. The van der Waals surface area contributed by atoms with Crippen LogP contribution in [0.4, 0.5) is 18.9 Å². The quantitative estimate of drug-likeness (QED) is 0.471. The van der Waals surface area contributed by atoms with E-state index in [9.17, 15) is 22.8 Å². The van der Waals surface area contributed by atoms with E-state index in [1.165, 1.54) is 33.4 Å². The topological polar surface area (TPSA) is 94.5 Å². The lowest BCUT2D eigenvalue weighted by molar-refractivity contribution is -0.137. The van der Waals surface area contributed by atoms with Gasteiger partial charge in [0.2, 0.25) is 5.91 Å². The molecule has 0 radical (unpaired) electrons. The average molecular weight is 517 g/mol. The summed E-state index contributed by atoms with van der Waals surface area (Å²) in [6.07, 6.45) is -2.88. The Morgan fingerprint density at radius 2 is 1.73 bits per heavy atom. The third kappa shape index (κ3) is 5.40. The molecule has 1 heterocycles. The van der Waals surface area contributed by atoms with Gasteiger partial charge in [-0.3, -0.25) is 9.59 Å². The van der Waals surface area contributed by atoms with E-state index in [1.807, 2.05) is 0 Å². The lowest BCUT2D eigenvalue weighted by Crippen LogP contribution is -2.28. The minimum atomic E-state index is -4.73. The Morgan fingerprint density at radius 1 is 1.05 bits per heavy atom. The van der Waals surface area contributed by atoms with Gasteiger partial charge >= 0.3 is 6.18 Å². The number of hydrogen-bond donors (Lipinski definition) is 2. The summed E-state index contributed by atoms with van der Waals surface area (Å²) in [5.41, 5.74) is 0.471. The molecule has 1 aromatic heterocycles. The van der Waals surface area contributed by atoms with Gasteiger partial charge in [0, 0.05) is 42.9 Å². The summed E-state index contributed by atoms with van der Waals surface area (Å²) in [5, 5.41) is 9.90. The number of benzene rings is 2. The van der Waals surface area contributed by atoms with Gasteiger partial charge in [0.25, 0.3) is 5.56 Å². The van der Waals surface area contributed by atoms with Crippen molar-refractivity contribution >= 4 is 11.6 Å². The number of carbonyl (C=O) groups is 1.